The number of carboxylic acids is 1. The minimum Gasteiger partial charge on any atom is -0.545 e. The number of ether oxygens (including phenoxy) is 4. The second-order valence-corrected chi connectivity index (χ2v) is 24.4. The molecule has 80 heavy (non-hydrogen) atoms. The van der Waals surface area contributed by atoms with E-state index >= 15 is 0 Å². The molecule has 0 radical (unpaired) electrons. The number of hydrogen-bond acceptors (Lipinski definition) is 8. The van der Waals surface area contributed by atoms with Gasteiger partial charge in [-0.3, -0.25) is 9.59 Å². The Kier molecular flexibility index (Phi) is 60.2. The van der Waals surface area contributed by atoms with Gasteiger partial charge in [-0.1, -0.05) is 313 Å². The minimum absolute atomic E-state index is 0.151. The van der Waals surface area contributed by atoms with Crippen LogP contribution in [0.15, 0.2) is 48.6 Å². The summed E-state index contributed by atoms with van der Waals surface area (Å²) in [4.78, 5) is 37.4. The predicted octanol–water partition coefficient (Wildman–Crippen LogP) is 19.6. The third-order valence-corrected chi connectivity index (χ3v) is 15.3. The van der Waals surface area contributed by atoms with E-state index in [1.54, 1.807) is 0 Å². The molecule has 0 heterocycles. The van der Waals surface area contributed by atoms with E-state index in [1.165, 1.54) is 238 Å². The minimum atomic E-state index is -1.62. The Morgan fingerprint density at radius 1 is 0.388 bits per heavy atom. The number of carbonyl (C=O) groups excluding carboxylic acids is 3. The molecule has 0 fully saturated rings. The van der Waals surface area contributed by atoms with E-state index in [1.807, 2.05) is 21.1 Å². The van der Waals surface area contributed by atoms with Crippen LogP contribution in [0.4, 0.5) is 0 Å². The highest BCUT2D eigenvalue weighted by Crippen LogP contribution is 2.19. The van der Waals surface area contributed by atoms with Gasteiger partial charge >= 0.3 is 11.9 Å². The van der Waals surface area contributed by atoms with E-state index in [0.29, 0.717) is 17.4 Å². The molecule has 2 unspecified atom stereocenters. The molecule has 0 aromatic carbocycles. The number of allylic oxidation sites excluding steroid dienone is 8. The SMILES string of the molecule is CC/C=C\C/C=C\C/C=C\C/C=C\CCCCCCCCCCCCCCCCCCCCCCCCCCC(=O)OC(COC(=O)CCCCCCCCCCCCCCCCCCCC)COC(OCC[N+](C)(C)C)C(=O)[O-]. The van der Waals surface area contributed by atoms with Crippen LogP contribution in [-0.4, -0.2) is 82.3 Å². The molecule has 468 valence electrons. The number of aliphatic carboxylic acids is 1. The molecule has 0 N–H and O–H groups in total. The topological polar surface area (TPSA) is 111 Å². The highest BCUT2D eigenvalue weighted by molar-refractivity contribution is 5.70. The maximum absolute atomic E-state index is 12.9. The largest absolute Gasteiger partial charge is 0.545 e. The standard InChI is InChI=1S/C71H131NO8/c1-6-8-10-12-14-16-18-20-22-24-26-27-28-29-30-31-32-33-34-35-36-37-38-39-40-41-42-43-44-46-48-50-52-54-56-58-60-62-69(74)80-67(66-79-71(70(75)76)77-64-63-72(3,4)5)65-78-68(73)61-59-57-55-53-51-49-47-45-25-23-21-19-17-15-13-11-9-7-2/h8,10,14,16,20,22,26-27,67,71H,6-7,9,11-13,15,17-19,21,23-25,28-66H2,1-5H3/b10-8-,16-14-,22-20-,27-26-. The molecule has 0 aliphatic heterocycles. The molecule has 0 rings (SSSR count). The molecule has 0 amide bonds. The number of carbonyl (C=O) groups is 3. The molecular formula is C71H131NO8. The second-order valence-electron chi connectivity index (χ2n) is 24.4. The summed E-state index contributed by atoms with van der Waals surface area (Å²) in [5.41, 5.74) is 0. The molecule has 0 spiro atoms. The van der Waals surface area contributed by atoms with E-state index in [9.17, 15) is 19.5 Å². The van der Waals surface area contributed by atoms with Crippen molar-refractivity contribution in [1.29, 1.82) is 0 Å². The first-order valence-corrected chi connectivity index (χ1v) is 34.3. The zero-order valence-corrected chi connectivity index (χ0v) is 53.5. The van der Waals surface area contributed by atoms with Crippen molar-refractivity contribution < 1.29 is 42.9 Å². The lowest BCUT2D eigenvalue weighted by atomic mass is 10.0. The fourth-order valence-electron chi connectivity index (χ4n) is 10.1. The van der Waals surface area contributed by atoms with Crippen LogP contribution in [0, 0.1) is 0 Å². The predicted molar refractivity (Wildman–Crippen MR) is 339 cm³/mol. The van der Waals surface area contributed by atoms with Gasteiger partial charge in [0.05, 0.1) is 40.3 Å². The first-order valence-electron chi connectivity index (χ1n) is 34.3. The Bertz CT molecular complexity index is 1450. The third-order valence-electron chi connectivity index (χ3n) is 15.3. The van der Waals surface area contributed by atoms with Crippen molar-refractivity contribution in [1.82, 2.24) is 0 Å². The van der Waals surface area contributed by atoms with Crippen LogP contribution >= 0.6 is 0 Å². The van der Waals surface area contributed by atoms with Crippen molar-refractivity contribution in [2.45, 2.75) is 341 Å². The quantitative estimate of drug-likeness (QED) is 0.0195. The number of esters is 2. The van der Waals surface area contributed by atoms with E-state index in [2.05, 4.69) is 62.5 Å². The van der Waals surface area contributed by atoms with Gasteiger partial charge in [0.1, 0.15) is 13.2 Å². The van der Waals surface area contributed by atoms with Gasteiger partial charge < -0.3 is 33.3 Å². The van der Waals surface area contributed by atoms with Crippen LogP contribution < -0.4 is 5.11 Å². The molecule has 0 bridgehead atoms. The number of quaternary nitrogens is 1. The maximum atomic E-state index is 12.9. The number of likely N-dealkylation sites (N-methyl/N-ethyl adjacent to an activating group) is 1. The second kappa shape index (κ2) is 62.3. The molecule has 9 nitrogen and oxygen atoms in total. The summed E-state index contributed by atoms with van der Waals surface area (Å²) in [7, 11) is 5.94. The van der Waals surface area contributed by atoms with Crippen molar-refractivity contribution in [3.63, 3.8) is 0 Å². The number of unbranched alkanes of at least 4 members (excludes halogenated alkanes) is 41. The first-order chi connectivity index (χ1) is 39.1. The maximum Gasteiger partial charge on any atom is 0.306 e. The molecule has 2 atom stereocenters. The summed E-state index contributed by atoms with van der Waals surface area (Å²) >= 11 is 0. The highest BCUT2D eigenvalue weighted by atomic mass is 16.7. The van der Waals surface area contributed by atoms with Crippen molar-refractivity contribution in [2.75, 3.05) is 47.5 Å². The zero-order chi connectivity index (χ0) is 58.3. The summed E-state index contributed by atoms with van der Waals surface area (Å²) in [6.07, 6.45) is 76.3. The summed E-state index contributed by atoms with van der Waals surface area (Å²) in [6, 6.07) is 0. The molecule has 0 aliphatic carbocycles. The average Bonchev–Trinajstić information content (AvgIpc) is 3.43. The lowest BCUT2D eigenvalue weighted by Gasteiger charge is -2.26. The number of rotatable bonds is 64. The molecule has 0 aliphatic rings. The monoisotopic (exact) mass is 1130 g/mol. The normalized spacial score (nSPS) is 13.0. The van der Waals surface area contributed by atoms with Crippen LogP contribution in [0.5, 0.6) is 0 Å². The summed E-state index contributed by atoms with van der Waals surface area (Å²) in [5, 5.41) is 11.8. The van der Waals surface area contributed by atoms with E-state index in [0.717, 1.165) is 64.2 Å². The van der Waals surface area contributed by atoms with Crippen LogP contribution in [0.3, 0.4) is 0 Å². The Labute approximate surface area is 495 Å². The molecule has 0 saturated heterocycles. The van der Waals surface area contributed by atoms with Crippen molar-refractivity contribution in [3.8, 4) is 0 Å². The van der Waals surface area contributed by atoms with Gasteiger partial charge in [0.2, 0.25) is 0 Å². The fourth-order valence-corrected chi connectivity index (χ4v) is 10.1. The molecular weight excluding hydrogens is 995 g/mol. The number of carboxylic acid groups (broad SMARTS) is 1. The van der Waals surface area contributed by atoms with E-state index < -0.39 is 24.3 Å². The number of hydrogen-bond donors (Lipinski definition) is 0. The first kappa shape index (κ1) is 77.2. The van der Waals surface area contributed by atoms with Crippen molar-refractivity contribution >= 4 is 17.9 Å². The molecule has 0 aromatic heterocycles. The average molecular weight is 1130 g/mol. The van der Waals surface area contributed by atoms with Crippen LogP contribution in [0.25, 0.3) is 0 Å². The highest BCUT2D eigenvalue weighted by Gasteiger charge is 2.22. The van der Waals surface area contributed by atoms with Gasteiger partial charge in [-0.15, -0.1) is 0 Å². The van der Waals surface area contributed by atoms with Crippen molar-refractivity contribution in [2.24, 2.45) is 0 Å². The van der Waals surface area contributed by atoms with Gasteiger partial charge in [0.25, 0.3) is 0 Å². The van der Waals surface area contributed by atoms with Gasteiger partial charge in [-0.25, -0.2) is 0 Å². The summed E-state index contributed by atoms with van der Waals surface area (Å²) in [5.74, 6) is -2.25. The Morgan fingerprint density at radius 3 is 1.06 bits per heavy atom. The van der Waals surface area contributed by atoms with Crippen LogP contribution in [-0.2, 0) is 33.3 Å². The Balaban J connectivity index is 3.99. The lowest BCUT2D eigenvalue weighted by molar-refractivity contribution is -0.870. The van der Waals surface area contributed by atoms with Gasteiger partial charge in [-0.2, -0.15) is 0 Å². The zero-order valence-electron chi connectivity index (χ0n) is 53.5. The van der Waals surface area contributed by atoms with E-state index in [4.69, 9.17) is 18.9 Å². The molecule has 0 saturated carbocycles. The van der Waals surface area contributed by atoms with Gasteiger partial charge in [0.15, 0.2) is 12.4 Å². The smallest absolute Gasteiger partial charge is 0.306 e. The fraction of sp³-hybridized carbons (Fsp3) is 0.845. The molecule has 0 aromatic rings. The van der Waals surface area contributed by atoms with E-state index in [-0.39, 0.29) is 32.2 Å². The van der Waals surface area contributed by atoms with Crippen LogP contribution in [0.2, 0.25) is 0 Å². The van der Waals surface area contributed by atoms with Gasteiger partial charge in [-0.05, 0) is 51.4 Å². The lowest BCUT2D eigenvalue weighted by Crippen LogP contribution is -2.44. The van der Waals surface area contributed by atoms with Gasteiger partial charge in [0, 0.05) is 12.8 Å². The summed E-state index contributed by atoms with van der Waals surface area (Å²) in [6.45, 7) is 4.70. The third kappa shape index (κ3) is 62.8. The Morgan fingerprint density at radius 2 is 0.713 bits per heavy atom. The molecule has 9 heteroatoms. The number of nitrogens with zero attached hydrogens (tertiary/aromatic N) is 1. The van der Waals surface area contributed by atoms with Crippen LogP contribution in [0.1, 0.15) is 328 Å². The summed E-state index contributed by atoms with van der Waals surface area (Å²) < 4.78 is 22.8. The van der Waals surface area contributed by atoms with Crippen molar-refractivity contribution in [3.05, 3.63) is 48.6 Å². The Hall–Kier alpha value is -2.75.